The monoisotopic (exact) mass is 411 g/mol. The molecule has 0 bridgehead atoms. The number of halogens is 3. The number of carbonyl (C=O) groups is 1. The number of alkyl halides is 3. The van der Waals surface area contributed by atoms with Gasteiger partial charge in [0.1, 0.15) is 19.2 Å². The fraction of sp³-hybridized carbons (Fsp3) is 0.375. The summed E-state index contributed by atoms with van der Waals surface area (Å²) in [5, 5.41) is 18.6. The summed E-state index contributed by atoms with van der Waals surface area (Å²) in [5.74, 6) is -1.65. The third-order valence-electron chi connectivity index (χ3n) is 4.03. The number of nitrogens with one attached hydrogen (secondary N) is 1. The van der Waals surface area contributed by atoms with E-state index in [2.05, 4.69) is 30.5 Å². The maximum Gasteiger partial charge on any atom is 0.490 e. The molecule has 1 aliphatic rings. The first-order valence-electron chi connectivity index (χ1n) is 8.39. The highest BCUT2D eigenvalue weighted by atomic mass is 19.4. The first-order valence-corrected chi connectivity index (χ1v) is 8.39. The molecule has 3 aromatic rings. The van der Waals surface area contributed by atoms with Crippen molar-refractivity contribution in [2.45, 2.75) is 32.6 Å². The van der Waals surface area contributed by atoms with Gasteiger partial charge in [-0.3, -0.25) is 4.98 Å². The summed E-state index contributed by atoms with van der Waals surface area (Å²) in [6.07, 6.45) is 0.885. The van der Waals surface area contributed by atoms with Gasteiger partial charge in [0.2, 0.25) is 11.7 Å². The molecular formula is C16H16F3N7O3. The molecular weight excluding hydrogens is 395 g/mol. The van der Waals surface area contributed by atoms with Crippen molar-refractivity contribution in [3.63, 3.8) is 0 Å². The van der Waals surface area contributed by atoms with Gasteiger partial charge in [0.25, 0.3) is 0 Å². The standard InChI is InChI=1S/C14H15N7O.C2HF3O2/c1-9-13(11-2-3-15-4-10(11)5-17-9)14-19-12(22-20-14)6-21-8-16-7-18-21;3-2(4,5)1(6)7/h5,7-8,15H,2-4,6H2,1H3;(H,6,7). The Hall–Kier alpha value is -3.35. The lowest BCUT2D eigenvalue weighted by Crippen LogP contribution is -2.24. The van der Waals surface area contributed by atoms with Crippen LogP contribution in [0.4, 0.5) is 13.2 Å². The van der Waals surface area contributed by atoms with E-state index >= 15 is 0 Å². The lowest BCUT2D eigenvalue weighted by molar-refractivity contribution is -0.192. The summed E-state index contributed by atoms with van der Waals surface area (Å²) in [7, 11) is 0. The Balaban J connectivity index is 0.000000298. The van der Waals surface area contributed by atoms with Gasteiger partial charge < -0.3 is 14.9 Å². The minimum absolute atomic E-state index is 0.413. The fourth-order valence-corrected chi connectivity index (χ4v) is 2.74. The van der Waals surface area contributed by atoms with Crippen LogP contribution in [0.1, 0.15) is 22.7 Å². The quantitative estimate of drug-likeness (QED) is 0.655. The molecule has 0 aliphatic carbocycles. The Kier molecular flexibility index (Phi) is 5.87. The van der Waals surface area contributed by atoms with Crippen molar-refractivity contribution in [3.05, 3.63) is 41.6 Å². The number of carboxylic acids is 1. The number of hydrogen-bond donors (Lipinski definition) is 2. The molecule has 10 nitrogen and oxygen atoms in total. The van der Waals surface area contributed by atoms with E-state index in [1.807, 2.05) is 13.1 Å². The van der Waals surface area contributed by atoms with Gasteiger partial charge in [-0.15, -0.1) is 0 Å². The van der Waals surface area contributed by atoms with E-state index in [1.54, 1.807) is 11.0 Å². The van der Waals surface area contributed by atoms with Crippen LogP contribution in [0.15, 0.2) is 23.4 Å². The van der Waals surface area contributed by atoms with Crippen molar-refractivity contribution in [3.8, 4) is 11.4 Å². The summed E-state index contributed by atoms with van der Waals surface area (Å²) in [6.45, 7) is 4.17. The van der Waals surface area contributed by atoms with Crippen LogP contribution in [-0.4, -0.2) is 53.7 Å². The largest absolute Gasteiger partial charge is 0.490 e. The second-order valence-corrected chi connectivity index (χ2v) is 6.06. The van der Waals surface area contributed by atoms with Gasteiger partial charge in [-0.1, -0.05) is 5.16 Å². The second kappa shape index (κ2) is 8.34. The van der Waals surface area contributed by atoms with Crippen LogP contribution in [0, 0.1) is 6.92 Å². The van der Waals surface area contributed by atoms with E-state index in [1.165, 1.54) is 17.5 Å². The molecule has 4 rings (SSSR count). The zero-order valence-corrected chi connectivity index (χ0v) is 15.1. The van der Waals surface area contributed by atoms with Crippen LogP contribution in [0.2, 0.25) is 0 Å². The van der Waals surface area contributed by atoms with Crippen molar-refractivity contribution >= 4 is 5.97 Å². The van der Waals surface area contributed by atoms with Crippen molar-refractivity contribution in [2.24, 2.45) is 0 Å². The van der Waals surface area contributed by atoms with Crippen LogP contribution in [0.5, 0.6) is 0 Å². The molecule has 1 aliphatic heterocycles. The summed E-state index contributed by atoms with van der Waals surface area (Å²) in [4.78, 5) is 21.8. The minimum Gasteiger partial charge on any atom is -0.475 e. The fourth-order valence-electron chi connectivity index (χ4n) is 2.74. The highest BCUT2D eigenvalue weighted by molar-refractivity contribution is 5.73. The number of rotatable bonds is 3. The molecule has 0 unspecified atom stereocenters. The number of aromatic nitrogens is 6. The molecule has 0 saturated carbocycles. The normalized spacial score (nSPS) is 13.4. The highest BCUT2D eigenvalue weighted by Crippen LogP contribution is 2.28. The number of fused-ring (bicyclic) bond motifs is 1. The molecule has 13 heteroatoms. The zero-order chi connectivity index (χ0) is 21.0. The number of nitrogens with zero attached hydrogens (tertiary/aromatic N) is 6. The number of aryl methyl sites for hydroxylation is 1. The van der Waals surface area contributed by atoms with Gasteiger partial charge in [-0.05, 0) is 31.0 Å². The van der Waals surface area contributed by atoms with E-state index in [-0.39, 0.29) is 0 Å². The smallest absolute Gasteiger partial charge is 0.475 e. The van der Waals surface area contributed by atoms with E-state index < -0.39 is 12.1 Å². The third-order valence-corrected chi connectivity index (χ3v) is 4.03. The van der Waals surface area contributed by atoms with Crippen LogP contribution in [0.3, 0.4) is 0 Å². The average molecular weight is 411 g/mol. The van der Waals surface area contributed by atoms with E-state index in [0.717, 1.165) is 30.8 Å². The SMILES string of the molecule is Cc1ncc2c(c1-c1noc(Cn3cncn3)n1)CCNC2.O=C(O)C(F)(F)F. The molecule has 2 N–H and O–H groups in total. The molecule has 0 aromatic carbocycles. The molecule has 29 heavy (non-hydrogen) atoms. The number of carboxylic acid groups (broad SMARTS) is 1. The predicted octanol–water partition coefficient (Wildman–Crippen LogP) is 1.36. The molecule has 0 spiro atoms. The van der Waals surface area contributed by atoms with Crippen LogP contribution in [0.25, 0.3) is 11.4 Å². The van der Waals surface area contributed by atoms with Gasteiger partial charge >= 0.3 is 12.1 Å². The molecule has 154 valence electrons. The summed E-state index contributed by atoms with van der Waals surface area (Å²) >= 11 is 0. The van der Waals surface area contributed by atoms with Crippen LogP contribution >= 0.6 is 0 Å². The molecule has 0 radical (unpaired) electrons. The van der Waals surface area contributed by atoms with Gasteiger partial charge in [0, 0.05) is 24.0 Å². The number of hydrogen-bond acceptors (Lipinski definition) is 8. The topological polar surface area (TPSA) is 132 Å². The van der Waals surface area contributed by atoms with Gasteiger partial charge in [-0.2, -0.15) is 23.3 Å². The Morgan fingerprint density at radius 1 is 1.41 bits per heavy atom. The van der Waals surface area contributed by atoms with Gasteiger partial charge in [0.05, 0.1) is 0 Å². The maximum atomic E-state index is 10.6. The lowest BCUT2D eigenvalue weighted by Gasteiger charge is -2.19. The van der Waals surface area contributed by atoms with E-state index in [0.29, 0.717) is 18.3 Å². The third kappa shape index (κ3) is 4.93. The zero-order valence-electron chi connectivity index (χ0n) is 15.1. The number of aliphatic carboxylic acids is 1. The molecule has 0 amide bonds. The minimum atomic E-state index is -5.08. The first kappa shape index (κ1) is 20.4. The molecule has 0 saturated heterocycles. The molecule has 0 atom stereocenters. The van der Waals surface area contributed by atoms with E-state index in [4.69, 9.17) is 14.4 Å². The van der Waals surface area contributed by atoms with Gasteiger partial charge in [-0.25, -0.2) is 14.5 Å². The Morgan fingerprint density at radius 2 is 2.17 bits per heavy atom. The molecule has 3 aromatic heterocycles. The van der Waals surface area contributed by atoms with Crippen molar-refractivity contribution < 1.29 is 27.6 Å². The first-order chi connectivity index (χ1) is 13.8. The maximum absolute atomic E-state index is 10.6. The van der Waals surface area contributed by atoms with Crippen molar-refractivity contribution in [1.82, 2.24) is 35.2 Å². The molecule has 4 heterocycles. The van der Waals surface area contributed by atoms with Crippen LogP contribution in [-0.2, 0) is 24.3 Å². The van der Waals surface area contributed by atoms with Crippen molar-refractivity contribution in [2.75, 3.05) is 6.54 Å². The Bertz CT molecular complexity index is 986. The Morgan fingerprint density at radius 3 is 2.83 bits per heavy atom. The Labute approximate surface area is 161 Å². The van der Waals surface area contributed by atoms with Crippen LogP contribution < -0.4 is 5.32 Å². The molecule has 0 fully saturated rings. The number of pyridine rings is 1. The lowest BCUT2D eigenvalue weighted by atomic mass is 9.95. The highest BCUT2D eigenvalue weighted by Gasteiger charge is 2.38. The second-order valence-electron chi connectivity index (χ2n) is 6.06. The summed E-state index contributed by atoms with van der Waals surface area (Å²) in [6, 6.07) is 0. The summed E-state index contributed by atoms with van der Waals surface area (Å²) < 4.78 is 38.7. The van der Waals surface area contributed by atoms with Gasteiger partial charge in [0.15, 0.2) is 0 Å². The summed E-state index contributed by atoms with van der Waals surface area (Å²) in [5.41, 5.74) is 4.38. The van der Waals surface area contributed by atoms with E-state index in [9.17, 15) is 13.2 Å². The average Bonchev–Trinajstić information content (AvgIpc) is 3.34. The van der Waals surface area contributed by atoms with Crippen molar-refractivity contribution in [1.29, 1.82) is 0 Å². The predicted molar refractivity (Wildman–Crippen MR) is 90.5 cm³/mol.